The van der Waals surface area contributed by atoms with Gasteiger partial charge in [-0.05, 0) is 24.5 Å². The summed E-state index contributed by atoms with van der Waals surface area (Å²) >= 11 is 0. The van der Waals surface area contributed by atoms with E-state index in [1.54, 1.807) is 0 Å². The third-order valence-corrected chi connectivity index (χ3v) is 6.33. The third kappa shape index (κ3) is 5.46. The number of nitrogens with zero attached hydrogens (tertiary/aromatic N) is 1. The van der Waals surface area contributed by atoms with Gasteiger partial charge in [0.1, 0.15) is 16.5 Å². The Bertz CT molecular complexity index is 733. The SMILES string of the molecule is CC(C)CCNC(=O)C[NH+]1CCN(S(=O)(=O)c2ccc(F)cc2F)CC1. The van der Waals surface area contributed by atoms with Crippen LogP contribution in [0.4, 0.5) is 8.78 Å². The van der Waals surface area contributed by atoms with Crippen molar-refractivity contribution in [2.24, 2.45) is 5.92 Å². The summed E-state index contributed by atoms with van der Waals surface area (Å²) in [6, 6.07) is 2.44. The maximum Gasteiger partial charge on any atom is 0.275 e. The minimum Gasteiger partial charge on any atom is -0.351 e. The molecule has 2 rings (SSSR count). The lowest BCUT2D eigenvalue weighted by molar-refractivity contribution is -0.895. The Morgan fingerprint density at radius 1 is 1.27 bits per heavy atom. The van der Waals surface area contributed by atoms with Crippen LogP contribution in [0.5, 0.6) is 0 Å². The lowest BCUT2D eigenvalue weighted by Gasteiger charge is -2.31. The van der Waals surface area contributed by atoms with Crippen molar-refractivity contribution >= 4 is 15.9 Å². The molecule has 1 saturated heterocycles. The number of halogens is 2. The topological polar surface area (TPSA) is 70.9 Å². The molecule has 2 N–H and O–H groups in total. The Morgan fingerprint density at radius 3 is 2.50 bits per heavy atom. The minimum absolute atomic E-state index is 0.0541. The number of piperazine rings is 1. The molecule has 1 aliphatic heterocycles. The van der Waals surface area contributed by atoms with Crippen molar-refractivity contribution in [1.82, 2.24) is 9.62 Å². The van der Waals surface area contributed by atoms with Gasteiger partial charge in [0.2, 0.25) is 10.0 Å². The van der Waals surface area contributed by atoms with Gasteiger partial charge in [0.15, 0.2) is 6.54 Å². The summed E-state index contributed by atoms with van der Waals surface area (Å²) in [6.45, 7) is 6.38. The fourth-order valence-corrected chi connectivity index (χ4v) is 4.32. The second-order valence-corrected chi connectivity index (χ2v) is 8.84. The highest BCUT2D eigenvalue weighted by molar-refractivity contribution is 7.89. The molecule has 1 fully saturated rings. The second kappa shape index (κ2) is 8.88. The first-order valence-electron chi connectivity index (χ1n) is 8.75. The molecule has 0 bridgehead atoms. The molecular weight excluding hydrogens is 364 g/mol. The van der Waals surface area contributed by atoms with Crippen LogP contribution in [-0.2, 0) is 14.8 Å². The number of carbonyl (C=O) groups excluding carboxylic acids is 1. The molecule has 0 saturated carbocycles. The van der Waals surface area contributed by atoms with Gasteiger partial charge in [-0.25, -0.2) is 17.2 Å². The molecule has 0 atom stereocenters. The van der Waals surface area contributed by atoms with E-state index in [4.69, 9.17) is 0 Å². The zero-order chi connectivity index (χ0) is 19.3. The fraction of sp³-hybridized carbons (Fsp3) is 0.588. The van der Waals surface area contributed by atoms with Gasteiger partial charge >= 0.3 is 0 Å². The lowest BCUT2D eigenvalue weighted by Crippen LogP contribution is -3.15. The number of hydrogen-bond donors (Lipinski definition) is 2. The van der Waals surface area contributed by atoms with E-state index in [0.717, 1.165) is 23.5 Å². The van der Waals surface area contributed by atoms with Crippen molar-refractivity contribution < 1.29 is 26.9 Å². The Kier molecular flexibility index (Phi) is 7.08. The molecule has 0 aliphatic carbocycles. The standard InChI is InChI=1S/C17H25F2N3O3S/c1-13(2)5-6-20-17(23)12-21-7-9-22(10-8-21)26(24,25)16-4-3-14(18)11-15(16)19/h3-4,11,13H,5-10,12H2,1-2H3,(H,20,23)/p+1. The number of carbonyl (C=O) groups is 1. The van der Waals surface area contributed by atoms with E-state index < -0.39 is 26.6 Å². The first-order chi connectivity index (χ1) is 12.2. The van der Waals surface area contributed by atoms with E-state index >= 15 is 0 Å². The zero-order valence-electron chi connectivity index (χ0n) is 15.1. The van der Waals surface area contributed by atoms with Gasteiger partial charge < -0.3 is 10.2 Å². The molecule has 0 spiro atoms. The van der Waals surface area contributed by atoms with E-state index in [1.807, 2.05) is 0 Å². The number of rotatable bonds is 7. The van der Waals surface area contributed by atoms with Crippen LogP contribution in [0.25, 0.3) is 0 Å². The lowest BCUT2D eigenvalue weighted by atomic mass is 10.1. The van der Waals surface area contributed by atoms with Crippen LogP contribution in [0.15, 0.2) is 23.1 Å². The van der Waals surface area contributed by atoms with E-state index in [-0.39, 0.29) is 25.5 Å². The molecule has 1 heterocycles. The summed E-state index contributed by atoms with van der Waals surface area (Å²) in [5.74, 6) is -1.45. The highest BCUT2D eigenvalue weighted by Gasteiger charge is 2.32. The molecule has 0 aromatic heterocycles. The summed E-state index contributed by atoms with van der Waals surface area (Å²) < 4.78 is 53.1. The molecular formula is C17H26F2N3O3S+. The summed E-state index contributed by atoms with van der Waals surface area (Å²) in [5, 5.41) is 2.86. The predicted molar refractivity (Wildman–Crippen MR) is 93.1 cm³/mol. The predicted octanol–water partition coefficient (Wildman–Crippen LogP) is 0.0163. The minimum atomic E-state index is -4.01. The maximum atomic E-state index is 13.8. The summed E-state index contributed by atoms with van der Waals surface area (Å²) in [4.78, 5) is 12.4. The van der Waals surface area contributed by atoms with Gasteiger partial charge in [0, 0.05) is 12.6 Å². The molecule has 146 valence electrons. The molecule has 6 nitrogen and oxygen atoms in total. The number of benzene rings is 1. The largest absolute Gasteiger partial charge is 0.351 e. The van der Waals surface area contributed by atoms with E-state index in [1.165, 1.54) is 4.31 Å². The van der Waals surface area contributed by atoms with Crippen LogP contribution in [0.1, 0.15) is 20.3 Å². The van der Waals surface area contributed by atoms with E-state index in [0.29, 0.717) is 31.6 Å². The highest BCUT2D eigenvalue weighted by atomic mass is 32.2. The van der Waals surface area contributed by atoms with E-state index in [2.05, 4.69) is 19.2 Å². The van der Waals surface area contributed by atoms with Crippen molar-refractivity contribution in [1.29, 1.82) is 0 Å². The molecule has 1 aliphatic rings. The van der Waals surface area contributed by atoms with Crippen LogP contribution in [0, 0.1) is 17.6 Å². The first-order valence-corrected chi connectivity index (χ1v) is 10.2. The second-order valence-electron chi connectivity index (χ2n) is 6.94. The van der Waals surface area contributed by atoms with Crippen LogP contribution >= 0.6 is 0 Å². The number of nitrogens with one attached hydrogen (secondary N) is 2. The Morgan fingerprint density at radius 2 is 1.92 bits per heavy atom. The molecule has 1 amide bonds. The molecule has 9 heteroatoms. The first kappa shape index (κ1) is 20.7. The van der Waals surface area contributed by atoms with Crippen LogP contribution < -0.4 is 10.2 Å². The third-order valence-electron chi connectivity index (χ3n) is 4.40. The van der Waals surface area contributed by atoms with Gasteiger partial charge in [-0.15, -0.1) is 0 Å². The number of sulfonamides is 1. The van der Waals surface area contributed by atoms with Crippen LogP contribution in [0.3, 0.4) is 0 Å². The molecule has 26 heavy (non-hydrogen) atoms. The Balaban J connectivity index is 1.88. The quantitative estimate of drug-likeness (QED) is 0.690. The average Bonchev–Trinajstić information content (AvgIpc) is 2.54. The van der Waals surface area contributed by atoms with Crippen molar-refractivity contribution in [3.63, 3.8) is 0 Å². The Hall–Kier alpha value is -1.58. The van der Waals surface area contributed by atoms with Gasteiger partial charge in [0.25, 0.3) is 5.91 Å². The molecule has 0 radical (unpaired) electrons. The summed E-state index contributed by atoms with van der Waals surface area (Å²) in [6.07, 6.45) is 0.913. The summed E-state index contributed by atoms with van der Waals surface area (Å²) in [5.41, 5.74) is 0. The van der Waals surface area contributed by atoms with Crippen LogP contribution in [0.2, 0.25) is 0 Å². The van der Waals surface area contributed by atoms with Gasteiger partial charge in [-0.2, -0.15) is 4.31 Å². The van der Waals surface area contributed by atoms with Gasteiger partial charge in [-0.3, -0.25) is 4.79 Å². The monoisotopic (exact) mass is 390 g/mol. The van der Waals surface area contributed by atoms with Gasteiger partial charge in [-0.1, -0.05) is 13.8 Å². The number of hydrogen-bond acceptors (Lipinski definition) is 3. The smallest absolute Gasteiger partial charge is 0.275 e. The number of amides is 1. The van der Waals surface area contributed by atoms with Crippen molar-refractivity contribution in [3.05, 3.63) is 29.8 Å². The van der Waals surface area contributed by atoms with Gasteiger partial charge in [0.05, 0.1) is 26.2 Å². The summed E-state index contributed by atoms with van der Waals surface area (Å²) in [7, 11) is -4.01. The normalized spacial score (nSPS) is 16.8. The Labute approximate surface area is 153 Å². The van der Waals surface area contributed by atoms with Crippen molar-refractivity contribution in [2.45, 2.75) is 25.2 Å². The highest BCUT2D eigenvalue weighted by Crippen LogP contribution is 2.20. The molecule has 0 unspecified atom stereocenters. The van der Waals surface area contributed by atoms with Crippen LogP contribution in [-0.4, -0.2) is 57.9 Å². The maximum absolute atomic E-state index is 13.8. The van der Waals surface area contributed by atoms with Crippen molar-refractivity contribution in [2.75, 3.05) is 39.3 Å². The molecule has 1 aromatic rings. The molecule has 1 aromatic carbocycles. The fourth-order valence-electron chi connectivity index (χ4n) is 2.83. The average molecular weight is 390 g/mol. The van der Waals surface area contributed by atoms with E-state index in [9.17, 15) is 22.0 Å². The number of quaternary nitrogens is 1. The zero-order valence-corrected chi connectivity index (χ0v) is 15.9. The van der Waals surface area contributed by atoms with Crippen molar-refractivity contribution in [3.8, 4) is 0 Å².